The zero-order valence-corrected chi connectivity index (χ0v) is 14.6. The summed E-state index contributed by atoms with van der Waals surface area (Å²) >= 11 is 0. The molecule has 0 spiro atoms. The largest absolute Gasteiger partial charge is 0.316 e. The van der Waals surface area contributed by atoms with E-state index in [1.807, 2.05) is 0 Å². The van der Waals surface area contributed by atoms with Crippen molar-refractivity contribution in [2.75, 3.05) is 13.1 Å². The van der Waals surface area contributed by atoms with E-state index in [-0.39, 0.29) is 0 Å². The lowest BCUT2D eigenvalue weighted by Crippen LogP contribution is -2.42. The molecule has 0 bridgehead atoms. The molecule has 1 heteroatoms. The minimum absolute atomic E-state index is 0.416. The fraction of sp³-hybridized carbons (Fsp3) is 1.00. The predicted molar refractivity (Wildman–Crippen MR) is 86.3 cm³/mol. The van der Waals surface area contributed by atoms with Crippen molar-refractivity contribution in [3.63, 3.8) is 0 Å². The first-order chi connectivity index (χ1) is 8.54. The van der Waals surface area contributed by atoms with E-state index in [1.165, 1.54) is 12.8 Å². The Bertz CT molecular complexity index is 253. The van der Waals surface area contributed by atoms with E-state index in [9.17, 15) is 0 Å². The van der Waals surface area contributed by atoms with Crippen LogP contribution in [0.15, 0.2) is 0 Å². The van der Waals surface area contributed by atoms with Gasteiger partial charge in [0.05, 0.1) is 0 Å². The van der Waals surface area contributed by atoms with Gasteiger partial charge in [-0.05, 0) is 47.3 Å². The SMILES string of the molecule is CC(C)C1C(C)CC(C)(C)CNCC(C)(C)CC1C. The second-order valence-corrected chi connectivity index (χ2v) is 9.12. The van der Waals surface area contributed by atoms with Crippen LogP contribution in [0.5, 0.6) is 0 Å². The quantitative estimate of drug-likeness (QED) is 0.707. The Balaban J connectivity index is 2.95. The third kappa shape index (κ3) is 5.10. The molecule has 1 saturated heterocycles. The molecule has 1 aliphatic heterocycles. The van der Waals surface area contributed by atoms with E-state index in [1.54, 1.807) is 0 Å². The van der Waals surface area contributed by atoms with Gasteiger partial charge >= 0.3 is 0 Å². The van der Waals surface area contributed by atoms with E-state index in [4.69, 9.17) is 0 Å². The maximum absolute atomic E-state index is 3.72. The van der Waals surface area contributed by atoms with Crippen molar-refractivity contribution in [2.45, 2.75) is 68.2 Å². The van der Waals surface area contributed by atoms with E-state index >= 15 is 0 Å². The van der Waals surface area contributed by atoms with E-state index in [0.29, 0.717) is 10.8 Å². The van der Waals surface area contributed by atoms with Crippen molar-refractivity contribution in [3.8, 4) is 0 Å². The van der Waals surface area contributed by atoms with Gasteiger partial charge in [-0.25, -0.2) is 0 Å². The zero-order valence-electron chi connectivity index (χ0n) is 14.6. The van der Waals surface area contributed by atoms with E-state index in [0.717, 1.165) is 36.8 Å². The minimum Gasteiger partial charge on any atom is -0.316 e. The van der Waals surface area contributed by atoms with Gasteiger partial charge < -0.3 is 5.32 Å². The summed E-state index contributed by atoms with van der Waals surface area (Å²) in [5.74, 6) is 3.29. The molecule has 0 aliphatic carbocycles. The molecule has 0 aromatic heterocycles. The average molecular weight is 268 g/mol. The van der Waals surface area contributed by atoms with Crippen LogP contribution >= 0.6 is 0 Å². The fourth-order valence-electron chi connectivity index (χ4n) is 4.77. The molecule has 2 unspecified atom stereocenters. The van der Waals surface area contributed by atoms with Crippen molar-refractivity contribution in [2.24, 2.45) is 34.5 Å². The number of hydrogen-bond acceptors (Lipinski definition) is 1. The van der Waals surface area contributed by atoms with Gasteiger partial charge in [0.25, 0.3) is 0 Å². The highest BCUT2D eigenvalue weighted by atomic mass is 14.9. The van der Waals surface area contributed by atoms with Crippen LogP contribution in [0.3, 0.4) is 0 Å². The van der Waals surface area contributed by atoms with Gasteiger partial charge in [-0.3, -0.25) is 0 Å². The summed E-state index contributed by atoms with van der Waals surface area (Å²) in [4.78, 5) is 0. The fourth-order valence-corrected chi connectivity index (χ4v) is 4.77. The summed E-state index contributed by atoms with van der Waals surface area (Å²) in [6, 6.07) is 0. The smallest absolute Gasteiger partial charge is 0.000285 e. The molecule has 1 N–H and O–H groups in total. The van der Waals surface area contributed by atoms with Crippen LogP contribution in [0, 0.1) is 34.5 Å². The first-order valence-electron chi connectivity index (χ1n) is 8.25. The maximum atomic E-state index is 3.72. The molecule has 2 atom stereocenters. The minimum atomic E-state index is 0.416. The number of rotatable bonds is 1. The van der Waals surface area contributed by atoms with Gasteiger partial charge in [0.1, 0.15) is 0 Å². The average Bonchev–Trinajstić information content (AvgIpc) is 2.11. The second kappa shape index (κ2) is 6.16. The molecule has 0 amide bonds. The standard InChI is InChI=1S/C18H37N/c1-13(2)16-14(3)9-17(5,6)11-19-12-18(7,8)10-15(16)4/h13-16,19H,9-12H2,1-8H3. The normalized spacial score (nSPS) is 36.2. The predicted octanol–water partition coefficient (Wildman–Crippen LogP) is 4.97. The third-order valence-electron chi connectivity index (χ3n) is 5.04. The molecule has 0 saturated carbocycles. The Morgan fingerprint density at radius 2 is 1.21 bits per heavy atom. The summed E-state index contributed by atoms with van der Waals surface area (Å²) < 4.78 is 0. The molecule has 1 fully saturated rings. The molecule has 1 heterocycles. The van der Waals surface area contributed by atoms with E-state index < -0.39 is 0 Å². The van der Waals surface area contributed by atoms with Gasteiger partial charge in [0.2, 0.25) is 0 Å². The highest BCUT2D eigenvalue weighted by Crippen LogP contribution is 2.41. The van der Waals surface area contributed by atoms with Crippen molar-refractivity contribution >= 4 is 0 Å². The maximum Gasteiger partial charge on any atom is 0.000285 e. The van der Waals surface area contributed by atoms with Crippen LogP contribution in [0.25, 0.3) is 0 Å². The summed E-state index contributed by atoms with van der Waals surface area (Å²) in [6.07, 6.45) is 2.68. The lowest BCUT2D eigenvalue weighted by molar-refractivity contribution is 0.0893. The lowest BCUT2D eigenvalue weighted by Gasteiger charge is -2.42. The molecule has 1 nitrogen and oxygen atoms in total. The molecule has 114 valence electrons. The summed E-state index contributed by atoms with van der Waals surface area (Å²) in [6.45, 7) is 21.8. The molecule has 0 aromatic rings. The van der Waals surface area contributed by atoms with Gasteiger partial charge in [0, 0.05) is 13.1 Å². The van der Waals surface area contributed by atoms with E-state index in [2.05, 4.69) is 60.7 Å². The molecule has 19 heavy (non-hydrogen) atoms. The van der Waals surface area contributed by atoms with Gasteiger partial charge in [-0.2, -0.15) is 0 Å². The van der Waals surface area contributed by atoms with Crippen LogP contribution < -0.4 is 5.32 Å². The zero-order chi connectivity index (χ0) is 14.8. The molecular weight excluding hydrogens is 230 g/mol. The first-order valence-corrected chi connectivity index (χ1v) is 8.25. The number of nitrogens with one attached hydrogen (secondary N) is 1. The van der Waals surface area contributed by atoms with Crippen molar-refractivity contribution in [3.05, 3.63) is 0 Å². The highest BCUT2D eigenvalue weighted by Gasteiger charge is 2.35. The third-order valence-corrected chi connectivity index (χ3v) is 5.04. The molecule has 1 rings (SSSR count). The highest BCUT2D eigenvalue weighted by molar-refractivity contribution is 4.87. The Labute approximate surface area is 121 Å². The second-order valence-electron chi connectivity index (χ2n) is 9.12. The summed E-state index contributed by atoms with van der Waals surface area (Å²) in [5.41, 5.74) is 0.833. The lowest BCUT2D eigenvalue weighted by atomic mass is 9.66. The molecular formula is C18H37N. The van der Waals surface area contributed by atoms with Gasteiger partial charge in [0.15, 0.2) is 0 Å². The van der Waals surface area contributed by atoms with Gasteiger partial charge in [-0.1, -0.05) is 55.4 Å². The van der Waals surface area contributed by atoms with Crippen LogP contribution in [0.4, 0.5) is 0 Å². The first kappa shape index (κ1) is 17.0. The Hall–Kier alpha value is -0.0400. The molecule has 1 aliphatic rings. The van der Waals surface area contributed by atoms with Gasteiger partial charge in [-0.15, -0.1) is 0 Å². The summed E-state index contributed by atoms with van der Waals surface area (Å²) in [7, 11) is 0. The van der Waals surface area contributed by atoms with Crippen LogP contribution in [-0.4, -0.2) is 13.1 Å². The van der Waals surface area contributed by atoms with Crippen molar-refractivity contribution < 1.29 is 0 Å². The Morgan fingerprint density at radius 1 is 0.842 bits per heavy atom. The number of hydrogen-bond donors (Lipinski definition) is 1. The van der Waals surface area contributed by atoms with Crippen molar-refractivity contribution in [1.82, 2.24) is 5.32 Å². The monoisotopic (exact) mass is 267 g/mol. The van der Waals surface area contributed by atoms with Crippen molar-refractivity contribution in [1.29, 1.82) is 0 Å². The molecule has 0 radical (unpaired) electrons. The van der Waals surface area contributed by atoms with Crippen LogP contribution in [0.1, 0.15) is 68.2 Å². The molecule has 0 aromatic carbocycles. The Morgan fingerprint density at radius 3 is 1.53 bits per heavy atom. The summed E-state index contributed by atoms with van der Waals surface area (Å²) in [5, 5.41) is 3.72. The van der Waals surface area contributed by atoms with Crippen LogP contribution in [0.2, 0.25) is 0 Å². The topological polar surface area (TPSA) is 12.0 Å². The Kier molecular flexibility index (Phi) is 5.52. The van der Waals surface area contributed by atoms with Crippen LogP contribution in [-0.2, 0) is 0 Å².